The molecule has 0 unspecified atom stereocenters. The summed E-state index contributed by atoms with van der Waals surface area (Å²) in [5.41, 5.74) is 1.35. The van der Waals surface area contributed by atoms with Crippen LogP contribution in [0.15, 0.2) is 45.8 Å². The molecular weight excluding hydrogens is 505 g/mol. The summed E-state index contributed by atoms with van der Waals surface area (Å²) < 4.78 is 6.32. The molecule has 1 aliphatic rings. The van der Waals surface area contributed by atoms with Crippen LogP contribution in [-0.2, 0) is 16.2 Å². The van der Waals surface area contributed by atoms with Crippen molar-refractivity contribution in [2.24, 2.45) is 0 Å². The second-order valence-corrected chi connectivity index (χ2v) is 8.52. The maximum atomic E-state index is 12.3. The fourth-order valence-corrected chi connectivity index (χ4v) is 4.51. The maximum absolute atomic E-state index is 12.3. The van der Waals surface area contributed by atoms with Crippen LogP contribution >= 0.6 is 50.9 Å². The Labute approximate surface area is 188 Å². The van der Waals surface area contributed by atoms with Crippen LogP contribution in [0.1, 0.15) is 11.1 Å². The normalized spacial score (nSPS) is 15.3. The van der Waals surface area contributed by atoms with Gasteiger partial charge in [-0.05, 0) is 57.5 Å². The Kier molecular flexibility index (Phi) is 6.89. The minimum atomic E-state index is -1.26. The van der Waals surface area contributed by atoms with E-state index in [4.69, 9.17) is 33.0 Å². The minimum absolute atomic E-state index is 0.115. The van der Waals surface area contributed by atoms with Crippen LogP contribution in [0.3, 0.4) is 0 Å². The van der Waals surface area contributed by atoms with E-state index < -0.39 is 23.7 Å². The van der Waals surface area contributed by atoms with E-state index in [9.17, 15) is 14.4 Å². The molecule has 1 saturated heterocycles. The van der Waals surface area contributed by atoms with Crippen molar-refractivity contribution in [1.29, 1.82) is 0 Å². The molecule has 0 aromatic heterocycles. The molecule has 2 aromatic rings. The first kappa shape index (κ1) is 21.7. The quantitative estimate of drug-likeness (QED) is 0.513. The molecular formula is C19H12BrCl2NO5S. The van der Waals surface area contributed by atoms with E-state index in [-0.39, 0.29) is 11.5 Å². The molecule has 2 aromatic carbocycles. The van der Waals surface area contributed by atoms with Crippen molar-refractivity contribution in [1.82, 2.24) is 4.90 Å². The number of ether oxygens (including phenoxy) is 1. The van der Waals surface area contributed by atoms with Gasteiger partial charge in [0.1, 0.15) is 13.2 Å². The van der Waals surface area contributed by atoms with Crippen LogP contribution in [0.4, 0.5) is 4.79 Å². The van der Waals surface area contributed by atoms with Gasteiger partial charge in [-0.15, -0.1) is 0 Å². The summed E-state index contributed by atoms with van der Waals surface area (Å²) in [6.07, 6.45) is 1.47. The topological polar surface area (TPSA) is 83.9 Å². The molecule has 29 heavy (non-hydrogen) atoms. The molecule has 10 heteroatoms. The summed E-state index contributed by atoms with van der Waals surface area (Å²) in [5, 5.41) is 9.06. The number of carbonyl (C=O) groups excluding carboxylic acids is 2. The van der Waals surface area contributed by atoms with Crippen LogP contribution in [-0.4, -0.2) is 33.7 Å². The van der Waals surface area contributed by atoms with E-state index in [2.05, 4.69) is 15.9 Å². The fraction of sp³-hybridized carbons (Fsp3) is 0.105. The van der Waals surface area contributed by atoms with Gasteiger partial charge in [0.05, 0.1) is 14.4 Å². The molecule has 0 atom stereocenters. The minimum Gasteiger partial charge on any atom is -0.486 e. The van der Waals surface area contributed by atoms with Crippen LogP contribution in [0.5, 0.6) is 5.75 Å². The Morgan fingerprint density at radius 1 is 1.21 bits per heavy atom. The number of hydrogen-bond acceptors (Lipinski definition) is 5. The zero-order valence-electron chi connectivity index (χ0n) is 14.5. The molecule has 0 saturated carbocycles. The van der Waals surface area contributed by atoms with Gasteiger partial charge in [0.15, 0.2) is 5.75 Å². The number of hydrogen-bond donors (Lipinski definition) is 1. The summed E-state index contributed by atoms with van der Waals surface area (Å²) in [6.45, 7) is -0.466. The standard InChI is InChI=1S/C19H12BrCl2NO5S/c20-12-5-10(7-15-18(26)23(8-16(24)25)19(27)29-15)6-14(22)17(12)28-9-11-3-1-2-4-13(11)21/h1-7H,8-9H2,(H,24,25)/b15-7+. The van der Waals surface area contributed by atoms with Crippen molar-refractivity contribution in [3.8, 4) is 5.75 Å². The van der Waals surface area contributed by atoms with Gasteiger partial charge in [0.25, 0.3) is 11.1 Å². The van der Waals surface area contributed by atoms with E-state index in [1.54, 1.807) is 18.2 Å². The van der Waals surface area contributed by atoms with E-state index >= 15 is 0 Å². The number of halogens is 3. The number of rotatable bonds is 6. The Morgan fingerprint density at radius 2 is 1.93 bits per heavy atom. The van der Waals surface area contributed by atoms with Crippen LogP contribution in [0.25, 0.3) is 6.08 Å². The number of amides is 2. The van der Waals surface area contributed by atoms with E-state index in [0.29, 0.717) is 42.5 Å². The highest BCUT2D eigenvalue weighted by molar-refractivity contribution is 9.10. The van der Waals surface area contributed by atoms with Gasteiger partial charge in [-0.1, -0.05) is 41.4 Å². The first-order chi connectivity index (χ1) is 13.8. The smallest absolute Gasteiger partial charge is 0.323 e. The van der Waals surface area contributed by atoms with E-state index in [1.807, 2.05) is 18.2 Å². The molecule has 150 valence electrons. The average molecular weight is 517 g/mol. The van der Waals surface area contributed by atoms with Crippen molar-refractivity contribution < 1.29 is 24.2 Å². The zero-order chi connectivity index (χ0) is 21.1. The zero-order valence-corrected chi connectivity index (χ0v) is 18.4. The fourth-order valence-electron chi connectivity index (χ4n) is 2.49. The highest BCUT2D eigenvalue weighted by Crippen LogP contribution is 2.38. The summed E-state index contributed by atoms with van der Waals surface area (Å²) in [4.78, 5) is 35.7. The summed E-state index contributed by atoms with van der Waals surface area (Å²) in [6, 6.07) is 10.5. The molecule has 1 N–H and O–H groups in total. The summed E-state index contributed by atoms with van der Waals surface area (Å²) in [7, 11) is 0. The van der Waals surface area contributed by atoms with Gasteiger partial charge in [0.2, 0.25) is 0 Å². The second kappa shape index (κ2) is 9.21. The Morgan fingerprint density at radius 3 is 2.59 bits per heavy atom. The van der Waals surface area contributed by atoms with Gasteiger partial charge in [-0.25, -0.2) is 0 Å². The van der Waals surface area contributed by atoms with Crippen LogP contribution < -0.4 is 4.74 Å². The molecule has 1 heterocycles. The van der Waals surface area contributed by atoms with Crippen LogP contribution in [0.2, 0.25) is 10.0 Å². The largest absolute Gasteiger partial charge is 0.486 e. The SMILES string of the molecule is O=C(O)CN1C(=O)S/C(=C/c2cc(Cl)c(OCc3ccccc3Cl)c(Br)c2)C1=O. The molecule has 0 bridgehead atoms. The number of aliphatic carboxylic acids is 1. The van der Waals surface area contributed by atoms with Crippen molar-refractivity contribution in [3.05, 3.63) is 66.9 Å². The number of benzene rings is 2. The predicted octanol–water partition coefficient (Wildman–Crippen LogP) is 5.46. The number of carboxylic acids is 1. The molecule has 1 aliphatic heterocycles. The van der Waals surface area contributed by atoms with E-state index in [0.717, 1.165) is 5.56 Å². The second-order valence-electron chi connectivity index (χ2n) is 5.86. The molecule has 0 spiro atoms. The number of carboxylic acid groups (broad SMARTS) is 1. The van der Waals surface area contributed by atoms with Gasteiger partial charge in [0, 0.05) is 10.6 Å². The van der Waals surface area contributed by atoms with E-state index in [1.165, 1.54) is 6.08 Å². The van der Waals surface area contributed by atoms with Crippen molar-refractivity contribution in [2.45, 2.75) is 6.61 Å². The average Bonchev–Trinajstić information content (AvgIpc) is 2.89. The van der Waals surface area contributed by atoms with Crippen molar-refractivity contribution in [3.63, 3.8) is 0 Å². The van der Waals surface area contributed by atoms with Gasteiger partial charge < -0.3 is 9.84 Å². The monoisotopic (exact) mass is 515 g/mol. The maximum Gasteiger partial charge on any atom is 0.323 e. The number of carbonyl (C=O) groups is 3. The lowest BCUT2D eigenvalue weighted by molar-refractivity contribution is -0.140. The summed E-state index contributed by atoms with van der Waals surface area (Å²) in [5.74, 6) is -1.52. The number of thioether (sulfide) groups is 1. The Hall–Kier alpha value is -2.00. The lowest BCUT2D eigenvalue weighted by Crippen LogP contribution is -2.33. The molecule has 2 amide bonds. The highest BCUT2D eigenvalue weighted by atomic mass is 79.9. The van der Waals surface area contributed by atoms with Crippen molar-refractivity contribution >= 4 is 74.1 Å². The lowest BCUT2D eigenvalue weighted by Gasteiger charge is -2.12. The first-order valence-electron chi connectivity index (χ1n) is 8.08. The third-order valence-corrected chi connectivity index (χ3v) is 5.96. The number of imide groups is 1. The predicted molar refractivity (Wildman–Crippen MR) is 115 cm³/mol. The lowest BCUT2D eigenvalue weighted by atomic mass is 10.2. The molecule has 1 fully saturated rings. The molecule has 3 rings (SSSR count). The third kappa shape index (κ3) is 5.14. The molecule has 0 aliphatic carbocycles. The Bertz CT molecular complexity index is 1020. The number of nitrogens with zero attached hydrogens (tertiary/aromatic N) is 1. The first-order valence-corrected chi connectivity index (χ1v) is 10.4. The van der Waals surface area contributed by atoms with Crippen molar-refractivity contribution in [2.75, 3.05) is 6.54 Å². The third-order valence-electron chi connectivity index (χ3n) is 3.82. The molecule has 6 nitrogen and oxygen atoms in total. The Balaban J connectivity index is 1.80. The van der Waals surface area contributed by atoms with Gasteiger partial charge >= 0.3 is 5.97 Å². The van der Waals surface area contributed by atoms with Crippen LogP contribution in [0, 0.1) is 0 Å². The van der Waals surface area contributed by atoms with Gasteiger partial charge in [-0.2, -0.15) is 0 Å². The summed E-state index contributed by atoms with van der Waals surface area (Å²) >= 11 is 16.5. The van der Waals surface area contributed by atoms with Gasteiger partial charge in [-0.3, -0.25) is 19.3 Å². The molecule has 0 radical (unpaired) electrons. The highest BCUT2D eigenvalue weighted by Gasteiger charge is 2.36.